The minimum absolute atomic E-state index is 0.207. The summed E-state index contributed by atoms with van der Waals surface area (Å²) in [6.07, 6.45) is 0. The van der Waals surface area contributed by atoms with Gasteiger partial charge in [-0.05, 0) is 12.1 Å². The number of aromatic amines is 1. The molecule has 0 aliphatic heterocycles. The fraction of sp³-hybridized carbons (Fsp3) is 0. The summed E-state index contributed by atoms with van der Waals surface area (Å²) >= 11 is 0. The molecule has 13 heavy (non-hydrogen) atoms. The van der Waals surface area contributed by atoms with Crippen LogP contribution in [0.25, 0.3) is 10.9 Å². The number of para-hydroxylation sites is 1. The highest BCUT2D eigenvalue weighted by Crippen LogP contribution is 2.11. The summed E-state index contributed by atoms with van der Waals surface area (Å²) < 4.78 is 0. The highest BCUT2D eigenvalue weighted by molar-refractivity contribution is 5.81. The number of hydrogen-bond donors (Lipinski definition) is 3. The number of hydrogen-bond acceptors (Lipinski definition) is 3. The predicted molar refractivity (Wildman–Crippen MR) is 52.4 cm³/mol. The van der Waals surface area contributed by atoms with Crippen molar-refractivity contribution in [1.82, 2.24) is 4.98 Å². The lowest BCUT2D eigenvalue weighted by atomic mass is 10.2. The molecule has 0 unspecified atom stereocenters. The number of fused-ring (bicyclic) bond motifs is 1. The zero-order chi connectivity index (χ0) is 9.26. The van der Waals surface area contributed by atoms with E-state index in [0.717, 1.165) is 10.9 Å². The fourth-order valence-corrected chi connectivity index (χ4v) is 1.25. The van der Waals surface area contributed by atoms with E-state index < -0.39 is 0 Å². The molecule has 1 aromatic heterocycles. The van der Waals surface area contributed by atoms with Gasteiger partial charge >= 0.3 is 0 Å². The molecule has 4 nitrogen and oxygen atoms in total. The first-order valence-electron chi connectivity index (χ1n) is 3.90. The number of nitrogen functional groups attached to an aromatic ring is 1. The van der Waals surface area contributed by atoms with Gasteiger partial charge in [0, 0.05) is 10.9 Å². The number of H-pyrrole nitrogens is 1. The predicted octanol–water partition coefficient (Wildman–Crippen LogP) is 0.814. The summed E-state index contributed by atoms with van der Waals surface area (Å²) in [6, 6.07) is 9.24. The number of aromatic nitrogens is 1. The maximum absolute atomic E-state index is 11.3. The monoisotopic (exact) mass is 175 g/mol. The number of hydrazine groups is 1. The summed E-state index contributed by atoms with van der Waals surface area (Å²) in [5, 5.41) is 0.954. The Morgan fingerprint density at radius 3 is 2.85 bits per heavy atom. The molecule has 0 aliphatic carbocycles. The summed E-state index contributed by atoms with van der Waals surface area (Å²) in [7, 11) is 0. The van der Waals surface area contributed by atoms with E-state index in [1.54, 1.807) is 6.07 Å². The average Bonchev–Trinajstić information content (AvgIpc) is 2.17. The molecule has 1 heterocycles. The van der Waals surface area contributed by atoms with Gasteiger partial charge in [-0.3, -0.25) is 10.6 Å². The zero-order valence-corrected chi connectivity index (χ0v) is 6.87. The van der Waals surface area contributed by atoms with Crippen LogP contribution in [0, 0.1) is 0 Å². The van der Waals surface area contributed by atoms with Gasteiger partial charge in [-0.1, -0.05) is 18.2 Å². The Morgan fingerprint density at radius 1 is 1.31 bits per heavy atom. The third-order valence-electron chi connectivity index (χ3n) is 1.91. The third-order valence-corrected chi connectivity index (χ3v) is 1.91. The van der Waals surface area contributed by atoms with Crippen molar-refractivity contribution in [3.63, 3.8) is 0 Å². The van der Waals surface area contributed by atoms with E-state index in [1.165, 1.54) is 0 Å². The van der Waals surface area contributed by atoms with E-state index in [4.69, 9.17) is 5.84 Å². The van der Waals surface area contributed by atoms with Crippen molar-refractivity contribution in [3.8, 4) is 0 Å². The number of benzene rings is 1. The first-order valence-corrected chi connectivity index (χ1v) is 3.90. The maximum atomic E-state index is 11.3. The Morgan fingerprint density at radius 2 is 2.08 bits per heavy atom. The van der Waals surface area contributed by atoms with Gasteiger partial charge in [0.1, 0.15) is 5.69 Å². The molecule has 0 aliphatic rings. The van der Waals surface area contributed by atoms with Crippen LogP contribution >= 0.6 is 0 Å². The lowest BCUT2D eigenvalue weighted by Crippen LogP contribution is -2.18. The van der Waals surface area contributed by atoms with Gasteiger partial charge < -0.3 is 10.4 Å². The second-order valence-electron chi connectivity index (χ2n) is 2.74. The fourth-order valence-electron chi connectivity index (χ4n) is 1.25. The second-order valence-corrected chi connectivity index (χ2v) is 2.74. The van der Waals surface area contributed by atoms with E-state index in [1.807, 2.05) is 24.3 Å². The van der Waals surface area contributed by atoms with Crippen LogP contribution in [0.15, 0.2) is 35.1 Å². The summed E-state index contributed by atoms with van der Waals surface area (Å²) in [4.78, 5) is 14.0. The van der Waals surface area contributed by atoms with Crippen molar-refractivity contribution >= 4 is 16.6 Å². The summed E-state index contributed by atoms with van der Waals surface area (Å²) in [5.74, 6) is 5.17. The molecule has 1 aromatic carbocycles. The van der Waals surface area contributed by atoms with E-state index in [9.17, 15) is 4.79 Å². The summed E-state index contributed by atoms with van der Waals surface area (Å²) in [6.45, 7) is 0. The lowest BCUT2D eigenvalue weighted by molar-refractivity contribution is 1.25. The molecule has 66 valence electrons. The van der Waals surface area contributed by atoms with E-state index in [-0.39, 0.29) is 5.56 Å². The Balaban J connectivity index is 2.81. The smallest absolute Gasteiger partial charge is 0.273 e. The zero-order valence-electron chi connectivity index (χ0n) is 6.87. The van der Waals surface area contributed by atoms with Crippen LogP contribution in [-0.4, -0.2) is 4.98 Å². The highest BCUT2D eigenvalue weighted by atomic mass is 16.1. The van der Waals surface area contributed by atoms with Gasteiger partial charge in [-0.15, -0.1) is 0 Å². The molecular formula is C9H9N3O. The Kier molecular flexibility index (Phi) is 1.75. The number of nitrogens with one attached hydrogen (secondary N) is 2. The van der Waals surface area contributed by atoms with E-state index >= 15 is 0 Å². The highest BCUT2D eigenvalue weighted by Gasteiger charge is 1.98. The lowest BCUT2D eigenvalue weighted by Gasteiger charge is -2.00. The van der Waals surface area contributed by atoms with Crippen LogP contribution < -0.4 is 16.8 Å². The molecule has 0 radical (unpaired) electrons. The van der Waals surface area contributed by atoms with E-state index in [2.05, 4.69) is 10.4 Å². The number of anilines is 1. The molecule has 0 amide bonds. The van der Waals surface area contributed by atoms with Gasteiger partial charge in [0.25, 0.3) is 5.56 Å². The average molecular weight is 175 g/mol. The van der Waals surface area contributed by atoms with Gasteiger partial charge in [0.15, 0.2) is 0 Å². The molecule has 0 saturated carbocycles. The van der Waals surface area contributed by atoms with Crippen molar-refractivity contribution < 1.29 is 0 Å². The quantitative estimate of drug-likeness (QED) is 0.443. The van der Waals surface area contributed by atoms with Crippen LogP contribution in [0.3, 0.4) is 0 Å². The van der Waals surface area contributed by atoms with Crippen molar-refractivity contribution in [1.29, 1.82) is 0 Å². The molecule has 4 N–H and O–H groups in total. The van der Waals surface area contributed by atoms with Crippen LogP contribution in [0.2, 0.25) is 0 Å². The van der Waals surface area contributed by atoms with Crippen LogP contribution in [0.1, 0.15) is 0 Å². The second kappa shape index (κ2) is 2.91. The number of rotatable bonds is 1. The molecule has 4 heteroatoms. The van der Waals surface area contributed by atoms with Crippen molar-refractivity contribution in [2.75, 3.05) is 5.43 Å². The van der Waals surface area contributed by atoms with Crippen molar-refractivity contribution in [3.05, 3.63) is 40.7 Å². The minimum Gasteiger partial charge on any atom is -0.320 e. The minimum atomic E-state index is -0.207. The Labute approximate surface area is 74.4 Å². The van der Waals surface area contributed by atoms with Crippen LogP contribution in [0.4, 0.5) is 5.69 Å². The Bertz CT molecular complexity index is 489. The SMILES string of the molecule is NNc1cc2ccccc2[nH]c1=O. The summed E-state index contributed by atoms with van der Waals surface area (Å²) in [5.41, 5.74) is 3.32. The van der Waals surface area contributed by atoms with Crippen LogP contribution in [0.5, 0.6) is 0 Å². The Hall–Kier alpha value is -1.81. The molecule has 2 aromatic rings. The molecule has 0 saturated heterocycles. The van der Waals surface area contributed by atoms with Crippen molar-refractivity contribution in [2.24, 2.45) is 5.84 Å². The first kappa shape index (κ1) is 7.82. The van der Waals surface area contributed by atoms with Gasteiger partial charge in [0.05, 0.1) is 0 Å². The largest absolute Gasteiger partial charge is 0.320 e. The normalized spacial score (nSPS) is 10.2. The van der Waals surface area contributed by atoms with E-state index in [0.29, 0.717) is 5.69 Å². The maximum Gasteiger partial charge on any atom is 0.273 e. The van der Waals surface area contributed by atoms with Crippen molar-refractivity contribution in [2.45, 2.75) is 0 Å². The molecule has 2 rings (SSSR count). The number of pyridine rings is 1. The van der Waals surface area contributed by atoms with Gasteiger partial charge in [-0.2, -0.15) is 0 Å². The van der Waals surface area contributed by atoms with Gasteiger partial charge in [0.2, 0.25) is 0 Å². The standard InChI is InChI=1S/C9H9N3O/c10-12-8-5-6-3-1-2-4-7(6)11-9(8)13/h1-5,12H,10H2,(H,11,13). The molecule has 0 bridgehead atoms. The molecule has 0 fully saturated rings. The first-order chi connectivity index (χ1) is 6.31. The third kappa shape index (κ3) is 1.27. The molecule has 0 spiro atoms. The molecule has 0 atom stereocenters. The van der Waals surface area contributed by atoms with Crippen LogP contribution in [-0.2, 0) is 0 Å². The topological polar surface area (TPSA) is 70.9 Å². The van der Waals surface area contributed by atoms with Gasteiger partial charge in [-0.25, -0.2) is 0 Å². The number of nitrogens with two attached hydrogens (primary N) is 1. The molecular weight excluding hydrogens is 166 g/mol.